The summed E-state index contributed by atoms with van der Waals surface area (Å²) in [5.41, 5.74) is 2.13. The fraction of sp³-hybridized carbons (Fsp3) is 0.375. The molecule has 0 bridgehead atoms. The number of hydrogen-bond donors (Lipinski definition) is 1. The molecular formula is C24H30N2O3. The number of benzene rings is 2. The Morgan fingerprint density at radius 2 is 1.90 bits per heavy atom. The predicted molar refractivity (Wildman–Crippen MR) is 116 cm³/mol. The smallest absolute Gasteiger partial charge is 0.244 e. The summed E-state index contributed by atoms with van der Waals surface area (Å²) in [5, 5.41) is 3.07. The van der Waals surface area contributed by atoms with Crippen LogP contribution < -0.4 is 14.8 Å². The quantitative estimate of drug-likeness (QED) is 0.652. The molecule has 1 atom stereocenters. The van der Waals surface area contributed by atoms with E-state index in [0.29, 0.717) is 24.7 Å². The van der Waals surface area contributed by atoms with Gasteiger partial charge < -0.3 is 14.8 Å². The van der Waals surface area contributed by atoms with Gasteiger partial charge in [0, 0.05) is 12.6 Å². The molecule has 154 valence electrons. The Morgan fingerprint density at radius 3 is 2.59 bits per heavy atom. The van der Waals surface area contributed by atoms with Crippen molar-refractivity contribution in [2.24, 2.45) is 0 Å². The van der Waals surface area contributed by atoms with E-state index >= 15 is 0 Å². The second kappa shape index (κ2) is 10.7. The molecule has 0 saturated carbocycles. The van der Waals surface area contributed by atoms with Crippen molar-refractivity contribution in [3.05, 3.63) is 65.7 Å². The summed E-state index contributed by atoms with van der Waals surface area (Å²) < 4.78 is 10.9. The molecular weight excluding hydrogens is 364 g/mol. The van der Waals surface area contributed by atoms with Crippen LogP contribution in [0, 0.1) is 0 Å². The summed E-state index contributed by atoms with van der Waals surface area (Å²) in [6.45, 7) is 5.27. The molecule has 1 aliphatic heterocycles. The van der Waals surface area contributed by atoms with Crippen LogP contribution in [-0.4, -0.2) is 44.2 Å². The number of likely N-dealkylation sites (tertiary alicyclic amines) is 1. The lowest BCUT2D eigenvalue weighted by molar-refractivity contribution is -0.116. The fourth-order valence-electron chi connectivity index (χ4n) is 3.68. The topological polar surface area (TPSA) is 50.8 Å². The monoisotopic (exact) mass is 394 g/mol. The summed E-state index contributed by atoms with van der Waals surface area (Å²) in [4.78, 5) is 14.9. The van der Waals surface area contributed by atoms with Gasteiger partial charge in [-0.15, -0.1) is 0 Å². The first-order chi connectivity index (χ1) is 14.2. The van der Waals surface area contributed by atoms with Gasteiger partial charge in [0.15, 0.2) is 11.5 Å². The number of rotatable bonds is 9. The summed E-state index contributed by atoms with van der Waals surface area (Å²) in [6, 6.07) is 16.3. The summed E-state index contributed by atoms with van der Waals surface area (Å²) in [5.74, 6) is 1.26. The van der Waals surface area contributed by atoms with Crippen molar-refractivity contribution >= 4 is 12.0 Å². The first kappa shape index (κ1) is 20.9. The highest BCUT2D eigenvalue weighted by Gasteiger charge is 2.23. The summed E-state index contributed by atoms with van der Waals surface area (Å²) in [7, 11) is 1.61. The van der Waals surface area contributed by atoms with Crippen molar-refractivity contribution in [1.82, 2.24) is 10.2 Å². The van der Waals surface area contributed by atoms with Crippen molar-refractivity contribution in [3.63, 3.8) is 0 Å². The van der Waals surface area contributed by atoms with Gasteiger partial charge in [0.25, 0.3) is 0 Å². The summed E-state index contributed by atoms with van der Waals surface area (Å²) in [6.07, 6.45) is 5.80. The lowest BCUT2D eigenvalue weighted by atomic mass is 10.1. The highest BCUT2D eigenvalue weighted by atomic mass is 16.5. The van der Waals surface area contributed by atoms with Crippen molar-refractivity contribution < 1.29 is 14.3 Å². The largest absolute Gasteiger partial charge is 0.493 e. The zero-order valence-corrected chi connectivity index (χ0v) is 17.3. The Morgan fingerprint density at radius 1 is 1.14 bits per heavy atom. The molecule has 2 aromatic rings. The molecule has 1 aliphatic rings. The lowest BCUT2D eigenvalue weighted by Crippen LogP contribution is -2.36. The van der Waals surface area contributed by atoms with Crippen LogP contribution in [0.5, 0.6) is 11.5 Å². The SMILES string of the molecule is CCOc1ccc(/C=C/C(=O)NCC(c2ccccc2)N2CCCC2)cc1OC. The molecule has 5 heteroatoms. The van der Waals surface area contributed by atoms with Gasteiger partial charge in [0.05, 0.1) is 19.8 Å². The van der Waals surface area contributed by atoms with E-state index in [0.717, 1.165) is 18.7 Å². The van der Waals surface area contributed by atoms with Gasteiger partial charge in [-0.1, -0.05) is 36.4 Å². The van der Waals surface area contributed by atoms with E-state index in [1.807, 2.05) is 31.2 Å². The van der Waals surface area contributed by atoms with Gasteiger partial charge in [-0.2, -0.15) is 0 Å². The van der Waals surface area contributed by atoms with Gasteiger partial charge in [-0.3, -0.25) is 9.69 Å². The zero-order valence-electron chi connectivity index (χ0n) is 17.3. The zero-order chi connectivity index (χ0) is 20.5. The van der Waals surface area contributed by atoms with Crippen molar-refractivity contribution in [2.75, 3.05) is 33.4 Å². The third-order valence-corrected chi connectivity index (χ3v) is 5.15. The first-order valence-electron chi connectivity index (χ1n) is 10.3. The minimum absolute atomic E-state index is 0.0991. The second-order valence-electron chi connectivity index (χ2n) is 7.09. The van der Waals surface area contributed by atoms with E-state index in [1.165, 1.54) is 18.4 Å². The molecule has 1 fully saturated rings. The Labute approximate surface area is 173 Å². The van der Waals surface area contributed by atoms with E-state index in [-0.39, 0.29) is 11.9 Å². The van der Waals surface area contributed by atoms with E-state index in [4.69, 9.17) is 9.47 Å². The normalized spacial score (nSPS) is 15.4. The predicted octanol–water partition coefficient (Wildman–Crippen LogP) is 4.06. The van der Waals surface area contributed by atoms with Crippen LogP contribution >= 0.6 is 0 Å². The molecule has 29 heavy (non-hydrogen) atoms. The molecule has 0 radical (unpaired) electrons. The molecule has 1 saturated heterocycles. The average Bonchev–Trinajstić information content (AvgIpc) is 3.28. The summed E-state index contributed by atoms with van der Waals surface area (Å²) >= 11 is 0. The highest BCUT2D eigenvalue weighted by Crippen LogP contribution is 2.28. The maximum absolute atomic E-state index is 12.4. The number of methoxy groups -OCH3 is 1. The number of nitrogens with one attached hydrogen (secondary N) is 1. The molecule has 1 amide bonds. The van der Waals surface area contributed by atoms with Crippen molar-refractivity contribution in [2.45, 2.75) is 25.8 Å². The van der Waals surface area contributed by atoms with E-state index in [1.54, 1.807) is 19.3 Å². The van der Waals surface area contributed by atoms with Crippen LogP contribution in [-0.2, 0) is 4.79 Å². The average molecular weight is 395 g/mol. The third kappa shape index (κ3) is 5.84. The highest BCUT2D eigenvalue weighted by molar-refractivity contribution is 5.91. The Bertz CT molecular complexity index is 814. The van der Waals surface area contributed by atoms with Gasteiger partial charge in [0.2, 0.25) is 5.91 Å². The van der Waals surface area contributed by atoms with Crippen LogP contribution in [0.25, 0.3) is 6.08 Å². The number of nitrogens with zero attached hydrogens (tertiary/aromatic N) is 1. The standard InChI is InChI=1S/C24H30N2O3/c1-3-29-22-13-11-19(17-23(22)28-2)12-14-24(27)25-18-21(26-15-7-8-16-26)20-9-5-4-6-10-20/h4-6,9-14,17,21H,3,7-8,15-16,18H2,1-2H3,(H,25,27)/b14-12+. The van der Waals surface area contributed by atoms with Gasteiger partial charge in [0.1, 0.15) is 0 Å². The van der Waals surface area contributed by atoms with E-state index in [2.05, 4.69) is 34.5 Å². The Hall–Kier alpha value is -2.79. The molecule has 5 nitrogen and oxygen atoms in total. The minimum atomic E-state index is -0.0991. The van der Waals surface area contributed by atoms with Crippen LogP contribution in [0.1, 0.15) is 36.9 Å². The van der Waals surface area contributed by atoms with Gasteiger partial charge in [-0.05, 0) is 62.2 Å². The van der Waals surface area contributed by atoms with Crippen molar-refractivity contribution in [1.29, 1.82) is 0 Å². The maximum Gasteiger partial charge on any atom is 0.244 e. The van der Waals surface area contributed by atoms with Crippen LogP contribution in [0.3, 0.4) is 0 Å². The van der Waals surface area contributed by atoms with Crippen LogP contribution in [0.4, 0.5) is 0 Å². The molecule has 1 unspecified atom stereocenters. The molecule has 1 N–H and O–H groups in total. The molecule has 0 aliphatic carbocycles. The number of amides is 1. The van der Waals surface area contributed by atoms with Gasteiger partial charge >= 0.3 is 0 Å². The third-order valence-electron chi connectivity index (χ3n) is 5.15. The number of ether oxygens (including phenoxy) is 2. The molecule has 1 heterocycles. The van der Waals surface area contributed by atoms with Gasteiger partial charge in [-0.25, -0.2) is 0 Å². The molecule has 0 spiro atoms. The van der Waals surface area contributed by atoms with Crippen LogP contribution in [0.15, 0.2) is 54.6 Å². The molecule has 0 aromatic heterocycles. The van der Waals surface area contributed by atoms with Crippen LogP contribution in [0.2, 0.25) is 0 Å². The Kier molecular flexibility index (Phi) is 7.70. The minimum Gasteiger partial charge on any atom is -0.493 e. The van der Waals surface area contributed by atoms with E-state index in [9.17, 15) is 4.79 Å². The molecule has 2 aromatic carbocycles. The van der Waals surface area contributed by atoms with Crippen molar-refractivity contribution in [3.8, 4) is 11.5 Å². The lowest BCUT2D eigenvalue weighted by Gasteiger charge is -2.28. The van der Waals surface area contributed by atoms with E-state index < -0.39 is 0 Å². The maximum atomic E-state index is 12.4. The number of carbonyl (C=O) groups is 1. The number of carbonyl (C=O) groups excluding carboxylic acids is 1. The fourth-order valence-corrected chi connectivity index (χ4v) is 3.68. The molecule has 3 rings (SSSR count). The first-order valence-corrected chi connectivity index (χ1v) is 10.3. The number of hydrogen-bond acceptors (Lipinski definition) is 4. The Balaban J connectivity index is 1.61. The second-order valence-corrected chi connectivity index (χ2v) is 7.09.